The summed E-state index contributed by atoms with van der Waals surface area (Å²) in [7, 11) is -4.41. The second-order valence-corrected chi connectivity index (χ2v) is 22.0. The molecule has 0 aliphatic heterocycles. The minimum Gasteiger partial charge on any atom is -0.462 e. The third kappa shape index (κ3) is 60.3. The van der Waals surface area contributed by atoms with Gasteiger partial charge in [-0.05, 0) is 70.6 Å². The van der Waals surface area contributed by atoms with Gasteiger partial charge in [-0.1, -0.05) is 285 Å². The molecular formula is C65H116NO8P. The summed E-state index contributed by atoms with van der Waals surface area (Å²) < 4.78 is 32.8. The van der Waals surface area contributed by atoms with Crippen molar-refractivity contribution in [3.63, 3.8) is 0 Å². The van der Waals surface area contributed by atoms with Gasteiger partial charge in [0.1, 0.15) is 6.61 Å². The highest BCUT2D eigenvalue weighted by molar-refractivity contribution is 7.47. The van der Waals surface area contributed by atoms with Crippen LogP contribution in [0.2, 0.25) is 0 Å². The molecule has 0 saturated heterocycles. The fourth-order valence-corrected chi connectivity index (χ4v) is 9.51. The number of unbranched alkanes of at least 4 members (excludes halogenated alkanes) is 32. The molecule has 0 spiro atoms. The average molecular weight is 1070 g/mol. The van der Waals surface area contributed by atoms with Crippen molar-refractivity contribution in [3.05, 3.63) is 85.1 Å². The van der Waals surface area contributed by atoms with Gasteiger partial charge in [-0.25, -0.2) is 4.57 Å². The number of nitrogens with two attached hydrogens (primary N) is 1. The molecule has 75 heavy (non-hydrogen) atoms. The van der Waals surface area contributed by atoms with Crippen LogP contribution in [0.4, 0.5) is 0 Å². The SMILES string of the molecule is CC/C=C\C/C=C\C/C=C\C/C=C\C/C=C\CC(=O)OC(COC(=O)CCCCCCCCCCCCCCCCCCCCCCCCCCCCC/C=C\C/C=C\CCCCCCC)COP(=O)(O)OCCN. The molecule has 0 bridgehead atoms. The summed E-state index contributed by atoms with van der Waals surface area (Å²) in [6.07, 6.45) is 80.1. The molecule has 0 amide bonds. The largest absolute Gasteiger partial charge is 0.472 e. The number of rotatable bonds is 58. The molecule has 10 heteroatoms. The summed E-state index contributed by atoms with van der Waals surface area (Å²) in [6.45, 7) is 3.52. The van der Waals surface area contributed by atoms with Gasteiger partial charge in [-0.15, -0.1) is 0 Å². The maximum Gasteiger partial charge on any atom is 0.472 e. The Morgan fingerprint density at radius 3 is 1.16 bits per heavy atom. The molecule has 0 heterocycles. The molecule has 434 valence electrons. The van der Waals surface area contributed by atoms with Crippen molar-refractivity contribution in [2.75, 3.05) is 26.4 Å². The van der Waals surface area contributed by atoms with Crippen LogP contribution in [0.3, 0.4) is 0 Å². The lowest BCUT2D eigenvalue weighted by Gasteiger charge is -2.19. The van der Waals surface area contributed by atoms with E-state index >= 15 is 0 Å². The standard InChI is InChI=1S/C65H116NO8P/c1-3-5-7-9-11-13-15-17-19-20-21-22-23-24-25-26-27-28-29-30-31-32-33-34-35-36-37-38-39-40-41-42-44-45-47-49-51-53-55-57-64(67)71-61-63(62-73-75(69,70)72-60-59-66)74-65(68)58-56-54-52-50-48-46-43-18-16-14-12-10-8-6-4-2/h6,8,12,14-15,17-18,20-21,43,48,50,54,56,63H,3-5,7,9-11,13,16,19,22-42,44-47,49,51-53,55,57-62,66H2,1-2H3,(H,69,70)/b8-6-,14-12-,17-15-,21-20-,43-18-,50-48-,56-54-. The Balaban J connectivity index is 3.79. The fourth-order valence-electron chi connectivity index (χ4n) is 8.74. The Labute approximate surface area is 462 Å². The molecule has 0 aromatic carbocycles. The molecular weight excluding hydrogens is 954 g/mol. The van der Waals surface area contributed by atoms with E-state index in [9.17, 15) is 19.0 Å². The maximum atomic E-state index is 12.6. The number of esters is 2. The minimum atomic E-state index is -4.41. The Bertz CT molecular complexity index is 1500. The smallest absolute Gasteiger partial charge is 0.462 e. The summed E-state index contributed by atoms with van der Waals surface area (Å²) in [4.78, 5) is 35.0. The lowest BCUT2D eigenvalue weighted by atomic mass is 10.0. The van der Waals surface area contributed by atoms with E-state index in [0.717, 1.165) is 51.4 Å². The zero-order chi connectivity index (χ0) is 54.5. The summed E-state index contributed by atoms with van der Waals surface area (Å²) in [5.74, 6) is -0.970. The van der Waals surface area contributed by atoms with Gasteiger partial charge in [0.2, 0.25) is 0 Å². The highest BCUT2D eigenvalue weighted by Crippen LogP contribution is 2.43. The first-order valence-electron chi connectivity index (χ1n) is 31.1. The van der Waals surface area contributed by atoms with Gasteiger partial charge in [0, 0.05) is 13.0 Å². The first kappa shape index (κ1) is 72.2. The van der Waals surface area contributed by atoms with Gasteiger partial charge in [0.25, 0.3) is 0 Å². The fraction of sp³-hybridized carbons (Fsp3) is 0.754. The molecule has 0 aliphatic carbocycles. The van der Waals surface area contributed by atoms with Crippen LogP contribution in [-0.2, 0) is 32.7 Å². The molecule has 0 fully saturated rings. The van der Waals surface area contributed by atoms with Crippen molar-refractivity contribution in [1.29, 1.82) is 0 Å². The van der Waals surface area contributed by atoms with E-state index in [1.165, 1.54) is 199 Å². The lowest BCUT2D eigenvalue weighted by molar-refractivity contribution is -0.160. The quantitative estimate of drug-likeness (QED) is 0.0264. The van der Waals surface area contributed by atoms with E-state index < -0.39 is 32.5 Å². The lowest BCUT2D eigenvalue weighted by Crippen LogP contribution is -2.29. The first-order valence-corrected chi connectivity index (χ1v) is 32.6. The number of carbonyl (C=O) groups is 2. The maximum absolute atomic E-state index is 12.6. The van der Waals surface area contributed by atoms with Gasteiger partial charge in [0.15, 0.2) is 6.10 Å². The zero-order valence-corrected chi connectivity index (χ0v) is 49.4. The Kier molecular flexibility index (Phi) is 58.2. The van der Waals surface area contributed by atoms with E-state index in [2.05, 4.69) is 80.7 Å². The molecule has 0 aromatic rings. The van der Waals surface area contributed by atoms with Crippen molar-refractivity contribution in [2.24, 2.45) is 5.73 Å². The molecule has 2 atom stereocenters. The van der Waals surface area contributed by atoms with Gasteiger partial charge in [0.05, 0.1) is 19.6 Å². The Hall–Kier alpha value is -2.81. The van der Waals surface area contributed by atoms with Crippen LogP contribution in [0.1, 0.15) is 284 Å². The third-order valence-electron chi connectivity index (χ3n) is 13.3. The first-order chi connectivity index (χ1) is 36.8. The number of hydrogen-bond acceptors (Lipinski definition) is 8. The summed E-state index contributed by atoms with van der Waals surface area (Å²) in [5.41, 5.74) is 5.37. The van der Waals surface area contributed by atoms with E-state index in [1.54, 1.807) is 6.08 Å². The van der Waals surface area contributed by atoms with E-state index in [0.29, 0.717) is 6.42 Å². The Morgan fingerprint density at radius 2 is 0.773 bits per heavy atom. The van der Waals surface area contributed by atoms with Crippen LogP contribution in [0.15, 0.2) is 85.1 Å². The second-order valence-electron chi connectivity index (χ2n) is 20.6. The van der Waals surface area contributed by atoms with Crippen molar-refractivity contribution >= 4 is 19.8 Å². The number of ether oxygens (including phenoxy) is 2. The summed E-state index contributed by atoms with van der Waals surface area (Å²) in [5, 5.41) is 0. The minimum absolute atomic E-state index is 0.00310. The number of phosphoric ester groups is 1. The monoisotopic (exact) mass is 1070 g/mol. The van der Waals surface area contributed by atoms with Gasteiger partial charge >= 0.3 is 19.8 Å². The average Bonchev–Trinajstić information content (AvgIpc) is 3.40. The molecule has 0 aliphatic rings. The van der Waals surface area contributed by atoms with Crippen molar-refractivity contribution in [1.82, 2.24) is 0 Å². The van der Waals surface area contributed by atoms with E-state index in [4.69, 9.17) is 24.3 Å². The van der Waals surface area contributed by atoms with Gasteiger partial charge in [-0.2, -0.15) is 0 Å². The van der Waals surface area contributed by atoms with Crippen LogP contribution < -0.4 is 5.73 Å². The predicted octanol–water partition coefficient (Wildman–Crippen LogP) is 19.9. The van der Waals surface area contributed by atoms with Crippen molar-refractivity contribution in [2.45, 2.75) is 290 Å². The van der Waals surface area contributed by atoms with E-state index in [1.807, 2.05) is 12.2 Å². The number of phosphoric acid groups is 1. The Morgan fingerprint density at radius 1 is 0.427 bits per heavy atom. The highest BCUT2D eigenvalue weighted by Gasteiger charge is 2.25. The van der Waals surface area contributed by atoms with Crippen LogP contribution in [0.5, 0.6) is 0 Å². The molecule has 2 unspecified atom stereocenters. The molecule has 0 aromatic heterocycles. The van der Waals surface area contributed by atoms with Gasteiger partial charge in [-0.3, -0.25) is 18.6 Å². The third-order valence-corrected chi connectivity index (χ3v) is 14.3. The molecule has 0 rings (SSSR count). The number of hydrogen-bond donors (Lipinski definition) is 2. The highest BCUT2D eigenvalue weighted by atomic mass is 31.2. The van der Waals surface area contributed by atoms with Crippen LogP contribution >= 0.6 is 7.82 Å². The van der Waals surface area contributed by atoms with Crippen molar-refractivity contribution in [3.8, 4) is 0 Å². The van der Waals surface area contributed by atoms with Gasteiger partial charge < -0.3 is 20.1 Å². The molecule has 0 radical (unpaired) electrons. The molecule has 3 N–H and O–H groups in total. The number of allylic oxidation sites excluding steroid dienone is 13. The van der Waals surface area contributed by atoms with Crippen molar-refractivity contribution < 1.29 is 37.6 Å². The topological polar surface area (TPSA) is 134 Å². The normalized spacial score (nSPS) is 13.6. The van der Waals surface area contributed by atoms with Crippen LogP contribution in [-0.4, -0.2) is 49.3 Å². The molecule has 9 nitrogen and oxygen atoms in total. The number of carbonyl (C=O) groups excluding carboxylic acids is 2. The van der Waals surface area contributed by atoms with E-state index in [-0.39, 0.29) is 32.6 Å². The zero-order valence-electron chi connectivity index (χ0n) is 48.5. The summed E-state index contributed by atoms with van der Waals surface area (Å²) in [6, 6.07) is 0. The molecule has 0 saturated carbocycles. The summed E-state index contributed by atoms with van der Waals surface area (Å²) >= 11 is 0. The van der Waals surface area contributed by atoms with Crippen LogP contribution in [0.25, 0.3) is 0 Å². The second kappa shape index (κ2) is 60.4. The predicted molar refractivity (Wildman–Crippen MR) is 321 cm³/mol. The van der Waals surface area contributed by atoms with Crippen LogP contribution in [0, 0.1) is 0 Å².